The summed E-state index contributed by atoms with van der Waals surface area (Å²) < 4.78 is 5.38. The number of rotatable bonds is 2. The second kappa shape index (κ2) is 5.83. The van der Waals surface area contributed by atoms with Crippen LogP contribution in [0.25, 0.3) is 11.5 Å². The average molecular weight is 292 g/mol. The molecule has 106 valence electrons. The molecule has 2 N–H and O–H groups in total. The van der Waals surface area contributed by atoms with Crippen LogP contribution in [0.4, 0.5) is 5.69 Å². The SMILES string of the molecule is Nc1ccc(Cl)c(-c2nc(C3CCCCCC3)no2)c1. The van der Waals surface area contributed by atoms with Gasteiger partial charge in [-0.05, 0) is 31.0 Å². The summed E-state index contributed by atoms with van der Waals surface area (Å²) in [5, 5.41) is 4.72. The molecule has 1 aliphatic carbocycles. The summed E-state index contributed by atoms with van der Waals surface area (Å²) in [6.45, 7) is 0. The molecule has 1 saturated carbocycles. The number of nitrogen functional groups attached to an aromatic ring is 1. The average Bonchev–Trinajstić information content (AvgIpc) is 2.77. The van der Waals surface area contributed by atoms with Crippen molar-refractivity contribution in [1.29, 1.82) is 0 Å². The Balaban J connectivity index is 1.87. The number of anilines is 1. The van der Waals surface area contributed by atoms with Crippen molar-refractivity contribution in [3.63, 3.8) is 0 Å². The summed E-state index contributed by atoms with van der Waals surface area (Å²) in [4.78, 5) is 4.53. The molecule has 0 spiro atoms. The van der Waals surface area contributed by atoms with Crippen molar-refractivity contribution in [3.05, 3.63) is 29.0 Å². The predicted molar refractivity (Wildman–Crippen MR) is 79.6 cm³/mol. The summed E-state index contributed by atoms with van der Waals surface area (Å²) >= 11 is 6.17. The number of hydrogen-bond donors (Lipinski definition) is 1. The molecule has 0 unspecified atom stereocenters. The van der Waals surface area contributed by atoms with Crippen molar-refractivity contribution < 1.29 is 4.52 Å². The molecule has 1 heterocycles. The molecule has 0 saturated heterocycles. The van der Waals surface area contributed by atoms with Crippen LogP contribution < -0.4 is 5.73 Å². The highest BCUT2D eigenvalue weighted by Gasteiger charge is 2.21. The molecule has 4 nitrogen and oxygen atoms in total. The number of benzene rings is 1. The Labute approximate surface area is 123 Å². The van der Waals surface area contributed by atoms with Crippen molar-refractivity contribution in [2.24, 2.45) is 0 Å². The molecule has 1 fully saturated rings. The van der Waals surface area contributed by atoms with Gasteiger partial charge in [0.25, 0.3) is 5.89 Å². The van der Waals surface area contributed by atoms with Crippen LogP contribution in [0.3, 0.4) is 0 Å². The highest BCUT2D eigenvalue weighted by molar-refractivity contribution is 6.33. The van der Waals surface area contributed by atoms with Crippen LogP contribution >= 0.6 is 11.6 Å². The van der Waals surface area contributed by atoms with Crippen molar-refractivity contribution in [3.8, 4) is 11.5 Å². The first-order valence-corrected chi connectivity index (χ1v) is 7.51. The number of hydrogen-bond acceptors (Lipinski definition) is 4. The number of halogens is 1. The Bertz CT molecular complexity index is 589. The third-order valence-corrected chi connectivity index (χ3v) is 4.21. The highest BCUT2D eigenvalue weighted by atomic mass is 35.5. The van der Waals surface area contributed by atoms with Crippen LogP contribution in [0.5, 0.6) is 0 Å². The first kappa shape index (κ1) is 13.4. The molecule has 0 atom stereocenters. The lowest BCUT2D eigenvalue weighted by molar-refractivity contribution is 0.410. The van der Waals surface area contributed by atoms with Gasteiger partial charge in [0, 0.05) is 11.6 Å². The maximum absolute atomic E-state index is 6.17. The Kier molecular flexibility index (Phi) is 3.92. The standard InChI is InChI=1S/C15H18ClN3O/c16-13-8-7-11(17)9-12(13)15-18-14(19-20-15)10-5-3-1-2-4-6-10/h7-10H,1-6,17H2. The first-order chi connectivity index (χ1) is 9.74. The van der Waals surface area contributed by atoms with E-state index in [1.165, 1.54) is 25.7 Å². The number of nitrogens with two attached hydrogens (primary N) is 1. The van der Waals surface area contributed by atoms with Gasteiger partial charge in [-0.3, -0.25) is 0 Å². The van der Waals surface area contributed by atoms with Crippen molar-refractivity contribution in [2.45, 2.75) is 44.4 Å². The predicted octanol–water partition coefficient (Wildman–Crippen LogP) is 4.41. The summed E-state index contributed by atoms with van der Waals surface area (Å²) in [5.74, 6) is 1.68. The van der Waals surface area contributed by atoms with Gasteiger partial charge in [-0.25, -0.2) is 0 Å². The summed E-state index contributed by atoms with van der Waals surface area (Å²) in [6.07, 6.45) is 7.39. The normalized spacial score (nSPS) is 17.1. The van der Waals surface area contributed by atoms with Crippen LogP contribution in [0, 0.1) is 0 Å². The Morgan fingerprint density at radius 2 is 1.90 bits per heavy atom. The molecular formula is C15H18ClN3O. The zero-order valence-electron chi connectivity index (χ0n) is 11.3. The van der Waals surface area contributed by atoms with E-state index in [2.05, 4.69) is 10.1 Å². The Hall–Kier alpha value is -1.55. The van der Waals surface area contributed by atoms with Crippen LogP contribution in [0.1, 0.15) is 50.3 Å². The van der Waals surface area contributed by atoms with E-state index < -0.39 is 0 Å². The minimum absolute atomic E-state index is 0.412. The smallest absolute Gasteiger partial charge is 0.259 e. The lowest BCUT2D eigenvalue weighted by Gasteiger charge is -2.07. The maximum Gasteiger partial charge on any atom is 0.259 e. The topological polar surface area (TPSA) is 64.9 Å². The van der Waals surface area contributed by atoms with E-state index in [1.807, 2.05) is 0 Å². The van der Waals surface area contributed by atoms with Crippen LogP contribution in [-0.2, 0) is 0 Å². The quantitative estimate of drug-likeness (QED) is 0.657. The first-order valence-electron chi connectivity index (χ1n) is 7.13. The van der Waals surface area contributed by atoms with E-state index in [-0.39, 0.29) is 0 Å². The minimum atomic E-state index is 0.412. The minimum Gasteiger partial charge on any atom is -0.399 e. The fourth-order valence-corrected chi connectivity index (χ4v) is 2.95. The van der Waals surface area contributed by atoms with Gasteiger partial charge in [-0.15, -0.1) is 0 Å². The Morgan fingerprint density at radius 1 is 1.15 bits per heavy atom. The van der Waals surface area contributed by atoms with E-state index in [9.17, 15) is 0 Å². The lowest BCUT2D eigenvalue weighted by atomic mass is 10.00. The molecule has 2 aromatic rings. The van der Waals surface area contributed by atoms with Gasteiger partial charge in [0.05, 0.1) is 10.6 Å². The molecule has 0 aliphatic heterocycles. The van der Waals surface area contributed by atoms with Gasteiger partial charge in [-0.2, -0.15) is 4.98 Å². The van der Waals surface area contributed by atoms with Gasteiger partial charge < -0.3 is 10.3 Å². The molecule has 5 heteroatoms. The molecular weight excluding hydrogens is 274 g/mol. The van der Waals surface area contributed by atoms with Gasteiger partial charge >= 0.3 is 0 Å². The zero-order chi connectivity index (χ0) is 13.9. The molecule has 0 radical (unpaired) electrons. The monoisotopic (exact) mass is 291 g/mol. The molecule has 3 rings (SSSR count). The second-order valence-corrected chi connectivity index (χ2v) is 5.79. The largest absolute Gasteiger partial charge is 0.399 e. The zero-order valence-corrected chi connectivity index (χ0v) is 12.1. The summed E-state index contributed by atoms with van der Waals surface area (Å²) in [7, 11) is 0. The van der Waals surface area contributed by atoms with Crippen LogP contribution in [0.15, 0.2) is 22.7 Å². The summed E-state index contributed by atoms with van der Waals surface area (Å²) in [6, 6.07) is 5.28. The molecule has 1 aromatic heterocycles. The lowest BCUT2D eigenvalue weighted by Crippen LogP contribution is -1.99. The van der Waals surface area contributed by atoms with E-state index >= 15 is 0 Å². The Morgan fingerprint density at radius 3 is 2.65 bits per heavy atom. The maximum atomic E-state index is 6.17. The van der Waals surface area contributed by atoms with E-state index in [0.717, 1.165) is 18.7 Å². The molecule has 0 amide bonds. The molecule has 1 aliphatic rings. The molecule has 1 aromatic carbocycles. The third-order valence-electron chi connectivity index (χ3n) is 3.88. The van der Waals surface area contributed by atoms with E-state index in [4.69, 9.17) is 21.9 Å². The fraction of sp³-hybridized carbons (Fsp3) is 0.467. The van der Waals surface area contributed by atoms with Gasteiger partial charge in [0.2, 0.25) is 0 Å². The number of aromatic nitrogens is 2. The third kappa shape index (κ3) is 2.80. The van der Waals surface area contributed by atoms with Gasteiger partial charge in [0.15, 0.2) is 5.82 Å². The van der Waals surface area contributed by atoms with E-state index in [0.29, 0.717) is 28.1 Å². The van der Waals surface area contributed by atoms with Crippen molar-refractivity contribution in [2.75, 3.05) is 5.73 Å². The fourth-order valence-electron chi connectivity index (χ4n) is 2.75. The van der Waals surface area contributed by atoms with Gasteiger partial charge in [-0.1, -0.05) is 42.4 Å². The highest BCUT2D eigenvalue weighted by Crippen LogP contribution is 2.33. The number of nitrogens with zero attached hydrogens (tertiary/aromatic N) is 2. The molecule has 20 heavy (non-hydrogen) atoms. The van der Waals surface area contributed by atoms with Crippen LogP contribution in [0.2, 0.25) is 5.02 Å². The summed E-state index contributed by atoms with van der Waals surface area (Å²) in [5.41, 5.74) is 7.13. The van der Waals surface area contributed by atoms with Crippen molar-refractivity contribution >= 4 is 17.3 Å². The second-order valence-electron chi connectivity index (χ2n) is 5.39. The van der Waals surface area contributed by atoms with Crippen LogP contribution in [-0.4, -0.2) is 10.1 Å². The van der Waals surface area contributed by atoms with Crippen molar-refractivity contribution in [1.82, 2.24) is 10.1 Å². The van der Waals surface area contributed by atoms with Gasteiger partial charge in [0.1, 0.15) is 0 Å². The molecule has 0 bridgehead atoms. The van der Waals surface area contributed by atoms with E-state index in [1.54, 1.807) is 18.2 Å².